The fourth-order valence-electron chi connectivity index (χ4n) is 1.32. The van der Waals surface area contributed by atoms with Crippen LogP contribution in [-0.2, 0) is 14.3 Å². The Labute approximate surface area is 110 Å². The summed E-state index contributed by atoms with van der Waals surface area (Å²) in [5.74, 6) is -0.181. The van der Waals surface area contributed by atoms with Crippen molar-refractivity contribution in [2.24, 2.45) is 0 Å². The molecule has 0 aromatic rings. The number of nitrogens with zero attached hydrogens (tertiary/aromatic N) is 2. The number of amides is 1. The van der Waals surface area contributed by atoms with Crippen molar-refractivity contribution >= 4 is 11.9 Å². The van der Waals surface area contributed by atoms with Crippen LogP contribution in [0.3, 0.4) is 0 Å². The van der Waals surface area contributed by atoms with E-state index < -0.39 is 5.60 Å². The largest absolute Gasteiger partial charge is 0.460 e. The Bertz CT molecular complexity index is 282. The van der Waals surface area contributed by atoms with Crippen molar-refractivity contribution in [2.45, 2.75) is 39.7 Å². The Morgan fingerprint density at radius 3 is 2.11 bits per heavy atom. The molecule has 0 saturated heterocycles. The van der Waals surface area contributed by atoms with E-state index in [2.05, 4.69) is 0 Å². The lowest BCUT2D eigenvalue weighted by Crippen LogP contribution is -2.38. The molecule has 0 aliphatic rings. The fourth-order valence-corrected chi connectivity index (χ4v) is 1.32. The van der Waals surface area contributed by atoms with Crippen molar-refractivity contribution in [3.8, 4) is 0 Å². The lowest BCUT2D eigenvalue weighted by molar-refractivity contribution is -0.155. The van der Waals surface area contributed by atoms with Crippen molar-refractivity contribution in [1.82, 2.24) is 9.80 Å². The van der Waals surface area contributed by atoms with E-state index in [1.165, 1.54) is 0 Å². The second-order valence-electron chi connectivity index (χ2n) is 5.49. The molecule has 0 aromatic heterocycles. The average molecular weight is 258 g/mol. The van der Waals surface area contributed by atoms with Crippen LogP contribution in [-0.4, -0.2) is 61.0 Å². The molecule has 0 aliphatic carbocycles. The molecule has 0 rings (SSSR count). The minimum atomic E-state index is -0.451. The van der Waals surface area contributed by atoms with E-state index in [4.69, 9.17) is 4.74 Å². The molecule has 0 N–H and O–H groups in total. The molecule has 5 heteroatoms. The number of ether oxygens (including phenoxy) is 1. The van der Waals surface area contributed by atoms with E-state index in [1.54, 1.807) is 19.0 Å². The number of rotatable bonds is 6. The van der Waals surface area contributed by atoms with Crippen LogP contribution in [0, 0.1) is 0 Å². The Morgan fingerprint density at radius 1 is 1.17 bits per heavy atom. The van der Waals surface area contributed by atoms with Crippen LogP contribution in [0.4, 0.5) is 0 Å². The molecule has 106 valence electrons. The standard InChI is InChI=1S/C13H26N2O3/c1-7-15(10-11(16)14(5)6)9-8-12(17)18-13(2,3)4/h7-10H2,1-6H3. The molecular formula is C13H26N2O3. The fraction of sp³-hybridized carbons (Fsp3) is 0.846. The van der Waals surface area contributed by atoms with Gasteiger partial charge in [0.2, 0.25) is 5.91 Å². The molecule has 0 spiro atoms. The Kier molecular flexibility index (Phi) is 6.91. The van der Waals surface area contributed by atoms with Gasteiger partial charge in [-0.3, -0.25) is 14.5 Å². The molecule has 5 nitrogen and oxygen atoms in total. The molecule has 0 aliphatic heterocycles. The van der Waals surface area contributed by atoms with E-state index in [1.807, 2.05) is 32.6 Å². The highest BCUT2D eigenvalue weighted by atomic mass is 16.6. The van der Waals surface area contributed by atoms with Gasteiger partial charge in [0.25, 0.3) is 0 Å². The zero-order valence-electron chi connectivity index (χ0n) is 12.4. The van der Waals surface area contributed by atoms with Gasteiger partial charge >= 0.3 is 5.97 Å². The lowest BCUT2D eigenvalue weighted by atomic mass is 10.2. The molecule has 0 heterocycles. The highest BCUT2D eigenvalue weighted by Gasteiger charge is 2.17. The number of likely N-dealkylation sites (N-methyl/N-ethyl adjacent to an activating group) is 2. The molecule has 1 amide bonds. The van der Waals surface area contributed by atoms with Crippen LogP contribution < -0.4 is 0 Å². The van der Waals surface area contributed by atoms with Gasteiger partial charge in [0, 0.05) is 20.6 Å². The molecule has 18 heavy (non-hydrogen) atoms. The van der Waals surface area contributed by atoms with Gasteiger partial charge < -0.3 is 9.64 Å². The minimum absolute atomic E-state index is 0.0426. The predicted octanol–water partition coefficient (Wildman–Crippen LogP) is 1.13. The first-order valence-corrected chi connectivity index (χ1v) is 6.30. The maximum atomic E-state index is 11.6. The molecule has 0 radical (unpaired) electrons. The van der Waals surface area contributed by atoms with Gasteiger partial charge in [-0.15, -0.1) is 0 Å². The zero-order chi connectivity index (χ0) is 14.3. The SMILES string of the molecule is CCN(CCC(=O)OC(C)(C)C)CC(=O)N(C)C. The van der Waals surface area contributed by atoms with Crippen LogP contribution in [0.1, 0.15) is 34.1 Å². The van der Waals surface area contributed by atoms with E-state index in [9.17, 15) is 9.59 Å². The van der Waals surface area contributed by atoms with E-state index in [-0.39, 0.29) is 11.9 Å². The molecule has 0 atom stereocenters. The number of carbonyl (C=O) groups is 2. The maximum absolute atomic E-state index is 11.6. The van der Waals surface area contributed by atoms with Crippen molar-refractivity contribution in [3.05, 3.63) is 0 Å². The van der Waals surface area contributed by atoms with Gasteiger partial charge in [-0.2, -0.15) is 0 Å². The van der Waals surface area contributed by atoms with E-state index >= 15 is 0 Å². The third-order valence-electron chi connectivity index (χ3n) is 2.36. The Hall–Kier alpha value is -1.10. The summed E-state index contributed by atoms with van der Waals surface area (Å²) in [5, 5.41) is 0. The third-order valence-corrected chi connectivity index (χ3v) is 2.36. The zero-order valence-corrected chi connectivity index (χ0v) is 12.4. The first kappa shape index (κ1) is 16.9. The summed E-state index contributed by atoms with van der Waals surface area (Å²) in [4.78, 5) is 26.6. The molecular weight excluding hydrogens is 232 g/mol. The highest BCUT2D eigenvalue weighted by molar-refractivity contribution is 5.77. The lowest BCUT2D eigenvalue weighted by Gasteiger charge is -2.23. The summed E-state index contributed by atoms with van der Waals surface area (Å²) in [7, 11) is 3.45. The summed E-state index contributed by atoms with van der Waals surface area (Å²) >= 11 is 0. The van der Waals surface area contributed by atoms with Crippen molar-refractivity contribution in [1.29, 1.82) is 0 Å². The number of carbonyl (C=O) groups excluding carboxylic acids is 2. The maximum Gasteiger partial charge on any atom is 0.307 e. The van der Waals surface area contributed by atoms with Gasteiger partial charge in [0.05, 0.1) is 13.0 Å². The van der Waals surface area contributed by atoms with Crippen LogP contribution in [0.15, 0.2) is 0 Å². The number of hydrogen-bond donors (Lipinski definition) is 0. The van der Waals surface area contributed by atoms with Gasteiger partial charge in [0.1, 0.15) is 5.60 Å². The third kappa shape index (κ3) is 8.06. The summed E-state index contributed by atoms with van der Waals surface area (Å²) < 4.78 is 5.22. The first-order chi connectivity index (χ1) is 8.15. The van der Waals surface area contributed by atoms with Gasteiger partial charge in [-0.25, -0.2) is 0 Å². The Morgan fingerprint density at radius 2 is 1.72 bits per heavy atom. The summed E-state index contributed by atoms with van der Waals surface area (Å²) in [6.07, 6.45) is 0.311. The predicted molar refractivity (Wildman–Crippen MR) is 71.3 cm³/mol. The summed E-state index contributed by atoms with van der Waals surface area (Å²) in [6, 6.07) is 0. The highest BCUT2D eigenvalue weighted by Crippen LogP contribution is 2.08. The quantitative estimate of drug-likeness (QED) is 0.670. The topological polar surface area (TPSA) is 49.9 Å². The molecule has 0 unspecified atom stereocenters. The van der Waals surface area contributed by atoms with Crippen molar-refractivity contribution in [2.75, 3.05) is 33.7 Å². The molecule has 0 fully saturated rings. The molecule has 0 saturated carbocycles. The summed E-state index contributed by atoms with van der Waals surface area (Å²) in [6.45, 7) is 9.13. The van der Waals surface area contributed by atoms with Crippen LogP contribution >= 0.6 is 0 Å². The van der Waals surface area contributed by atoms with Gasteiger partial charge in [-0.1, -0.05) is 6.92 Å². The van der Waals surface area contributed by atoms with Crippen LogP contribution in [0.5, 0.6) is 0 Å². The van der Waals surface area contributed by atoms with Crippen LogP contribution in [0.2, 0.25) is 0 Å². The second kappa shape index (κ2) is 7.36. The van der Waals surface area contributed by atoms with Crippen molar-refractivity contribution < 1.29 is 14.3 Å². The first-order valence-electron chi connectivity index (χ1n) is 6.30. The van der Waals surface area contributed by atoms with Gasteiger partial charge in [0.15, 0.2) is 0 Å². The van der Waals surface area contributed by atoms with E-state index in [0.717, 1.165) is 6.54 Å². The molecule has 0 aromatic carbocycles. The molecule has 0 bridgehead atoms. The van der Waals surface area contributed by atoms with Gasteiger partial charge in [-0.05, 0) is 27.3 Å². The smallest absolute Gasteiger partial charge is 0.307 e. The monoisotopic (exact) mass is 258 g/mol. The number of esters is 1. The second-order valence-corrected chi connectivity index (χ2v) is 5.49. The minimum Gasteiger partial charge on any atom is -0.460 e. The van der Waals surface area contributed by atoms with Crippen molar-refractivity contribution in [3.63, 3.8) is 0 Å². The summed E-state index contributed by atoms with van der Waals surface area (Å²) in [5.41, 5.74) is -0.451. The average Bonchev–Trinajstić information content (AvgIpc) is 2.21. The Balaban J connectivity index is 4.08. The van der Waals surface area contributed by atoms with E-state index in [0.29, 0.717) is 19.5 Å². The number of hydrogen-bond acceptors (Lipinski definition) is 4. The normalized spacial score (nSPS) is 11.5. The van der Waals surface area contributed by atoms with Crippen LogP contribution in [0.25, 0.3) is 0 Å².